The highest BCUT2D eigenvalue weighted by Gasteiger charge is 2.30. The molecule has 0 aromatic heterocycles. The molecule has 0 amide bonds. The van der Waals surface area contributed by atoms with E-state index < -0.39 is 0 Å². The Labute approximate surface area is 118 Å². The molecule has 0 aliphatic heterocycles. The van der Waals surface area contributed by atoms with E-state index in [4.69, 9.17) is 0 Å². The molecule has 1 fully saturated rings. The summed E-state index contributed by atoms with van der Waals surface area (Å²) in [6.45, 7) is 7.07. The van der Waals surface area contributed by atoms with E-state index in [1.165, 1.54) is 25.7 Å². The van der Waals surface area contributed by atoms with Crippen molar-refractivity contribution in [3.05, 3.63) is 35.9 Å². The molecule has 0 saturated heterocycles. The first-order valence-corrected chi connectivity index (χ1v) is 7.70. The van der Waals surface area contributed by atoms with Gasteiger partial charge < -0.3 is 5.11 Å². The largest absolute Gasteiger partial charge is 0.388 e. The molecular weight excluding hydrogens is 232 g/mol. The normalized spacial score (nSPS) is 26.1. The van der Waals surface area contributed by atoms with Crippen LogP contribution in [0.15, 0.2) is 30.3 Å². The molecular formula is C18H28O. The second kappa shape index (κ2) is 6.09. The summed E-state index contributed by atoms with van der Waals surface area (Å²) in [4.78, 5) is 0. The number of hydrogen-bond donors (Lipinski definition) is 1. The molecule has 1 nitrogen and oxygen atoms in total. The van der Waals surface area contributed by atoms with Crippen molar-refractivity contribution >= 4 is 0 Å². The van der Waals surface area contributed by atoms with Crippen LogP contribution < -0.4 is 0 Å². The van der Waals surface area contributed by atoms with Crippen LogP contribution in [0.1, 0.15) is 64.5 Å². The lowest BCUT2D eigenvalue weighted by atomic mass is 9.69. The van der Waals surface area contributed by atoms with Crippen LogP contribution in [0, 0.1) is 17.3 Å². The van der Waals surface area contributed by atoms with E-state index in [0.717, 1.165) is 17.9 Å². The Balaban J connectivity index is 1.83. The lowest BCUT2D eigenvalue weighted by Crippen LogP contribution is -2.26. The van der Waals surface area contributed by atoms with E-state index in [9.17, 15) is 5.11 Å². The highest BCUT2D eigenvalue weighted by molar-refractivity contribution is 5.17. The van der Waals surface area contributed by atoms with Gasteiger partial charge in [-0.2, -0.15) is 0 Å². The second-order valence-electron chi connectivity index (χ2n) is 7.25. The fraction of sp³-hybridized carbons (Fsp3) is 0.667. The molecule has 0 bridgehead atoms. The average Bonchev–Trinajstić information content (AvgIpc) is 2.39. The molecule has 0 heterocycles. The van der Waals surface area contributed by atoms with Crippen molar-refractivity contribution in [2.24, 2.45) is 17.3 Å². The number of aliphatic hydroxyl groups excluding tert-OH is 1. The third kappa shape index (κ3) is 4.07. The molecule has 0 spiro atoms. The maximum absolute atomic E-state index is 10.3. The lowest BCUT2D eigenvalue weighted by molar-refractivity contribution is 0.0992. The Bertz CT molecular complexity index is 368. The smallest absolute Gasteiger partial charge is 0.0792 e. The maximum Gasteiger partial charge on any atom is 0.0792 e. The van der Waals surface area contributed by atoms with Crippen LogP contribution in [0.5, 0.6) is 0 Å². The number of benzene rings is 1. The summed E-state index contributed by atoms with van der Waals surface area (Å²) in [5, 5.41) is 10.3. The Morgan fingerprint density at radius 1 is 1.05 bits per heavy atom. The predicted octanol–water partition coefficient (Wildman–Crippen LogP) is 4.96. The van der Waals surface area contributed by atoms with Gasteiger partial charge in [-0.15, -0.1) is 0 Å². The van der Waals surface area contributed by atoms with Crippen LogP contribution in [0.25, 0.3) is 0 Å². The average molecular weight is 260 g/mol. The zero-order chi connectivity index (χ0) is 13.9. The number of hydrogen-bond acceptors (Lipinski definition) is 1. The quantitative estimate of drug-likeness (QED) is 0.814. The topological polar surface area (TPSA) is 20.2 Å². The molecule has 1 aromatic rings. The monoisotopic (exact) mass is 260 g/mol. The summed E-state index contributed by atoms with van der Waals surface area (Å²) < 4.78 is 0. The molecule has 1 saturated carbocycles. The Morgan fingerprint density at radius 2 is 1.63 bits per heavy atom. The molecule has 1 unspecified atom stereocenters. The molecule has 19 heavy (non-hydrogen) atoms. The van der Waals surface area contributed by atoms with Gasteiger partial charge in [0.15, 0.2) is 0 Å². The zero-order valence-electron chi connectivity index (χ0n) is 12.6. The summed E-state index contributed by atoms with van der Waals surface area (Å²) in [6.07, 6.45) is 5.88. The van der Waals surface area contributed by atoms with Gasteiger partial charge in [0.1, 0.15) is 0 Å². The Kier molecular flexibility index (Phi) is 4.67. The lowest BCUT2D eigenvalue weighted by Gasteiger charge is -2.37. The van der Waals surface area contributed by atoms with Gasteiger partial charge in [0.25, 0.3) is 0 Å². The minimum atomic E-state index is -0.280. The van der Waals surface area contributed by atoms with E-state index in [-0.39, 0.29) is 6.10 Å². The minimum absolute atomic E-state index is 0.280. The van der Waals surface area contributed by atoms with Gasteiger partial charge in [-0.05, 0) is 42.1 Å². The van der Waals surface area contributed by atoms with Gasteiger partial charge >= 0.3 is 0 Å². The van der Waals surface area contributed by atoms with Gasteiger partial charge in [-0.1, -0.05) is 63.9 Å². The van der Waals surface area contributed by atoms with Crippen molar-refractivity contribution in [1.82, 2.24) is 0 Å². The molecule has 2 rings (SSSR count). The van der Waals surface area contributed by atoms with Crippen molar-refractivity contribution in [2.75, 3.05) is 0 Å². The summed E-state index contributed by atoms with van der Waals surface area (Å²) in [6, 6.07) is 10.1. The Morgan fingerprint density at radius 3 is 2.16 bits per heavy atom. The van der Waals surface area contributed by atoms with E-state index in [2.05, 4.69) is 20.8 Å². The van der Waals surface area contributed by atoms with Gasteiger partial charge in [-0.3, -0.25) is 0 Å². The van der Waals surface area contributed by atoms with Crippen LogP contribution in [0.4, 0.5) is 0 Å². The number of aliphatic hydroxyl groups is 1. The summed E-state index contributed by atoms with van der Waals surface area (Å²) >= 11 is 0. The minimum Gasteiger partial charge on any atom is -0.388 e. The SMILES string of the molecule is CC(C)(C)C1CCC(CC(O)c2ccccc2)CC1. The first-order valence-electron chi connectivity index (χ1n) is 7.70. The van der Waals surface area contributed by atoms with Crippen LogP contribution in [-0.2, 0) is 0 Å². The molecule has 1 atom stereocenters. The van der Waals surface area contributed by atoms with Gasteiger partial charge in [0, 0.05) is 0 Å². The van der Waals surface area contributed by atoms with Crippen molar-refractivity contribution in [1.29, 1.82) is 0 Å². The van der Waals surface area contributed by atoms with Crippen molar-refractivity contribution in [3.8, 4) is 0 Å². The molecule has 1 heteroatoms. The molecule has 0 radical (unpaired) electrons. The maximum atomic E-state index is 10.3. The van der Waals surface area contributed by atoms with Crippen molar-refractivity contribution in [2.45, 2.75) is 59.0 Å². The Hall–Kier alpha value is -0.820. The van der Waals surface area contributed by atoms with E-state index >= 15 is 0 Å². The third-order valence-corrected chi connectivity index (χ3v) is 4.81. The number of rotatable bonds is 3. The summed E-state index contributed by atoms with van der Waals surface area (Å²) in [5.41, 5.74) is 1.52. The van der Waals surface area contributed by atoms with Gasteiger partial charge in [-0.25, -0.2) is 0 Å². The molecule has 106 valence electrons. The van der Waals surface area contributed by atoms with E-state index in [0.29, 0.717) is 11.3 Å². The van der Waals surface area contributed by atoms with Gasteiger partial charge in [0.2, 0.25) is 0 Å². The van der Waals surface area contributed by atoms with Crippen LogP contribution in [0.3, 0.4) is 0 Å². The van der Waals surface area contributed by atoms with Crippen LogP contribution in [-0.4, -0.2) is 5.11 Å². The fourth-order valence-corrected chi connectivity index (χ4v) is 3.39. The standard InChI is InChI=1S/C18H28O/c1-18(2,3)16-11-9-14(10-12-16)13-17(19)15-7-5-4-6-8-15/h4-8,14,16-17,19H,9-13H2,1-3H3. The summed E-state index contributed by atoms with van der Waals surface area (Å²) in [5.74, 6) is 1.56. The van der Waals surface area contributed by atoms with Crippen LogP contribution >= 0.6 is 0 Å². The molecule has 1 aliphatic rings. The summed E-state index contributed by atoms with van der Waals surface area (Å²) in [7, 11) is 0. The van der Waals surface area contributed by atoms with E-state index in [1.807, 2.05) is 30.3 Å². The second-order valence-corrected chi connectivity index (χ2v) is 7.25. The molecule has 1 N–H and O–H groups in total. The fourth-order valence-electron chi connectivity index (χ4n) is 3.39. The first-order chi connectivity index (χ1) is 8.97. The van der Waals surface area contributed by atoms with Gasteiger partial charge in [0.05, 0.1) is 6.10 Å². The first kappa shape index (κ1) is 14.6. The van der Waals surface area contributed by atoms with Crippen molar-refractivity contribution in [3.63, 3.8) is 0 Å². The highest BCUT2D eigenvalue weighted by atomic mass is 16.3. The highest BCUT2D eigenvalue weighted by Crippen LogP contribution is 2.41. The van der Waals surface area contributed by atoms with E-state index in [1.54, 1.807) is 0 Å². The predicted molar refractivity (Wildman–Crippen MR) is 80.9 cm³/mol. The molecule has 1 aromatic carbocycles. The van der Waals surface area contributed by atoms with Crippen LogP contribution in [0.2, 0.25) is 0 Å². The third-order valence-electron chi connectivity index (χ3n) is 4.81. The van der Waals surface area contributed by atoms with Crippen molar-refractivity contribution < 1.29 is 5.11 Å². The molecule has 1 aliphatic carbocycles. The zero-order valence-corrected chi connectivity index (χ0v) is 12.6.